The highest BCUT2D eigenvalue weighted by atomic mass is 16.6. The summed E-state index contributed by atoms with van der Waals surface area (Å²) in [7, 11) is 0. The molecular formula is C24H27NO6. The number of ether oxygens (including phenoxy) is 2. The van der Waals surface area contributed by atoms with E-state index in [1.54, 1.807) is 69.3 Å². The summed E-state index contributed by atoms with van der Waals surface area (Å²) in [5, 5.41) is 2.78. The number of amides is 1. The van der Waals surface area contributed by atoms with Crippen LogP contribution < -0.4 is 10.1 Å². The molecule has 0 unspecified atom stereocenters. The molecule has 0 aliphatic heterocycles. The van der Waals surface area contributed by atoms with Crippen molar-refractivity contribution in [1.82, 2.24) is 0 Å². The molecule has 0 aliphatic rings. The molecule has 2 aromatic rings. The van der Waals surface area contributed by atoms with E-state index in [1.165, 1.54) is 13.8 Å². The molecule has 0 saturated heterocycles. The average Bonchev–Trinajstić information content (AvgIpc) is 2.71. The quantitative estimate of drug-likeness (QED) is 0.506. The van der Waals surface area contributed by atoms with Crippen LogP contribution in [0.2, 0.25) is 0 Å². The van der Waals surface area contributed by atoms with E-state index in [1.807, 2.05) is 0 Å². The fourth-order valence-corrected chi connectivity index (χ4v) is 2.48. The molecular weight excluding hydrogens is 398 g/mol. The summed E-state index contributed by atoms with van der Waals surface area (Å²) in [4.78, 5) is 47.8. The van der Waals surface area contributed by atoms with Gasteiger partial charge in [-0.1, -0.05) is 20.8 Å². The molecule has 2 aromatic carbocycles. The van der Waals surface area contributed by atoms with Crippen molar-refractivity contribution in [2.45, 2.75) is 40.7 Å². The normalized spacial score (nSPS) is 11.9. The molecule has 1 amide bonds. The van der Waals surface area contributed by atoms with Crippen molar-refractivity contribution in [1.29, 1.82) is 0 Å². The number of carbonyl (C=O) groups is 4. The molecule has 0 aromatic heterocycles. The molecule has 7 heteroatoms. The van der Waals surface area contributed by atoms with Crippen LogP contribution in [0, 0.1) is 5.41 Å². The Labute approximate surface area is 181 Å². The molecule has 0 fully saturated rings. The highest BCUT2D eigenvalue weighted by Crippen LogP contribution is 2.18. The van der Waals surface area contributed by atoms with E-state index in [4.69, 9.17) is 9.47 Å². The first-order valence-electron chi connectivity index (χ1n) is 9.86. The Morgan fingerprint density at radius 2 is 1.45 bits per heavy atom. The van der Waals surface area contributed by atoms with Gasteiger partial charge in [0.2, 0.25) is 11.7 Å². The summed E-state index contributed by atoms with van der Waals surface area (Å²) < 4.78 is 10.5. The number of hydrogen-bond donors (Lipinski definition) is 1. The van der Waals surface area contributed by atoms with E-state index in [9.17, 15) is 19.2 Å². The molecule has 2 rings (SSSR count). The highest BCUT2D eigenvalue weighted by Gasteiger charge is 2.22. The van der Waals surface area contributed by atoms with Crippen LogP contribution in [0.3, 0.4) is 0 Å². The van der Waals surface area contributed by atoms with E-state index in [0.717, 1.165) is 0 Å². The first kappa shape index (κ1) is 23.8. The number of Topliss-reactive ketones (excluding diaryl/α,β-unsaturated/α-hetero) is 2. The smallest absolute Gasteiger partial charge is 0.344 e. The van der Waals surface area contributed by atoms with Gasteiger partial charge in [0.15, 0.2) is 18.5 Å². The lowest BCUT2D eigenvalue weighted by atomic mass is 9.95. The van der Waals surface area contributed by atoms with E-state index in [-0.39, 0.29) is 24.1 Å². The molecule has 31 heavy (non-hydrogen) atoms. The summed E-state index contributed by atoms with van der Waals surface area (Å²) in [5.74, 6) is -0.847. The van der Waals surface area contributed by atoms with E-state index >= 15 is 0 Å². The minimum atomic E-state index is -0.994. The Hall–Kier alpha value is -3.48. The van der Waals surface area contributed by atoms with Crippen LogP contribution in [0.4, 0.5) is 5.69 Å². The van der Waals surface area contributed by atoms with Crippen molar-refractivity contribution < 1.29 is 28.7 Å². The van der Waals surface area contributed by atoms with Gasteiger partial charge in [-0.25, -0.2) is 4.79 Å². The van der Waals surface area contributed by atoms with Gasteiger partial charge in [0, 0.05) is 22.2 Å². The first-order chi connectivity index (χ1) is 14.5. The van der Waals surface area contributed by atoms with Crippen LogP contribution in [-0.4, -0.2) is 36.2 Å². The van der Waals surface area contributed by atoms with Gasteiger partial charge in [0.25, 0.3) is 0 Å². The number of anilines is 1. The summed E-state index contributed by atoms with van der Waals surface area (Å²) in [6.45, 7) is 8.00. The third kappa shape index (κ3) is 7.06. The van der Waals surface area contributed by atoms with Gasteiger partial charge in [0.1, 0.15) is 5.75 Å². The number of carbonyl (C=O) groups excluding carboxylic acids is 4. The summed E-state index contributed by atoms with van der Waals surface area (Å²) in [6, 6.07) is 12.7. The summed E-state index contributed by atoms with van der Waals surface area (Å²) in [5.41, 5.74) is 0.938. The number of hydrogen-bond acceptors (Lipinski definition) is 6. The largest absolute Gasteiger partial charge is 0.482 e. The Morgan fingerprint density at radius 3 is 1.97 bits per heavy atom. The minimum Gasteiger partial charge on any atom is -0.482 e. The lowest BCUT2D eigenvalue weighted by Gasteiger charge is -2.18. The highest BCUT2D eigenvalue weighted by molar-refractivity contribution is 6.01. The maximum Gasteiger partial charge on any atom is 0.344 e. The van der Waals surface area contributed by atoms with Crippen molar-refractivity contribution in [3.63, 3.8) is 0 Å². The molecule has 1 atom stereocenters. The number of rotatable bonds is 8. The Morgan fingerprint density at radius 1 is 0.903 bits per heavy atom. The molecule has 0 radical (unpaired) electrons. The van der Waals surface area contributed by atoms with Crippen molar-refractivity contribution in [3.05, 3.63) is 59.7 Å². The third-order valence-corrected chi connectivity index (χ3v) is 4.40. The molecule has 7 nitrogen and oxygen atoms in total. The molecule has 0 heterocycles. The fraction of sp³-hybridized carbons (Fsp3) is 0.333. The standard InChI is InChI=1S/C24H27NO6/c1-15(26)17-8-12-20(13-9-17)30-14-21(27)31-16(2)22(28)18-6-10-19(11-7-18)25-23(29)24(3,4)5/h6-13,16H,14H2,1-5H3,(H,25,29)/t16-/m0/s1. The number of nitrogens with one attached hydrogen (secondary N) is 1. The van der Waals surface area contributed by atoms with Gasteiger partial charge in [-0.3, -0.25) is 14.4 Å². The molecule has 0 spiro atoms. The topological polar surface area (TPSA) is 98.8 Å². The van der Waals surface area contributed by atoms with Gasteiger partial charge in [-0.15, -0.1) is 0 Å². The van der Waals surface area contributed by atoms with Crippen molar-refractivity contribution in [2.75, 3.05) is 11.9 Å². The SMILES string of the molecule is CC(=O)c1ccc(OCC(=O)O[C@@H](C)C(=O)c2ccc(NC(=O)C(C)(C)C)cc2)cc1. The van der Waals surface area contributed by atoms with Crippen molar-refractivity contribution in [2.24, 2.45) is 5.41 Å². The van der Waals surface area contributed by atoms with Crippen LogP contribution in [0.1, 0.15) is 55.3 Å². The minimum absolute atomic E-state index is 0.0667. The zero-order valence-corrected chi connectivity index (χ0v) is 18.4. The molecule has 1 N–H and O–H groups in total. The van der Waals surface area contributed by atoms with Crippen LogP contribution in [0.25, 0.3) is 0 Å². The second-order valence-electron chi connectivity index (χ2n) is 8.15. The van der Waals surface area contributed by atoms with Gasteiger partial charge in [-0.2, -0.15) is 0 Å². The van der Waals surface area contributed by atoms with E-state index in [2.05, 4.69) is 5.32 Å². The number of esters is 1. The maximum absolute atomic E-state index is 12.5. The van der Waals surface area contributed by atoms with Crippen LogP contribution in [0.5, 0.6) is 5.75 Å². The zero-order chi connectivity index (χ0) is 23.2. The number of ketones is 2. The second-order valence-corrected chi connectivity index (χ2v) is 8.15. The predicted molar refractivity (Wildman–Crippen MR) is 116 cm³/mol. The average molecular weight is 425 g/mol. The monoisotopic (exact) mass is 425 g/mol. The van der Waals surface area contributed by atoms with Crippen molar-refractivity contribution in [3.8, 4) is 5.75 Å². The second kappa shape index (κ2) is 10.0. The Bertz CT molecular complexity index is 955. The van der Waals surface area contributed by atoms with Crippen LogP contribution in [0.15, 0.2) is 48.5 Å². The van der Waals surface area contributed by atoms with E-state index in [0.29, 0.717) is 22.6 Å². The Balaban J connectivity index is 1.87. The molecule has 164 valence electrons. The number of benzene rings is 2. The fourth-order valence-electron chi connectivity index (χ4n) is 2.48. The summed E-state index contributed by atoms with van der Waals surface area (Å²) in [6.07, 6.45) is -0.994. The lowest BCUT2D eigenvalue weighted by Crippen LogP contribution is -2.28. The van der Waals surface area contributed by atoms with Gasteiger partial charge >= 0.3 is 5.97 Å². The van der Waals surface area contributed by atoms with Gasteiger partial charge in [-0.05, 0) is 62.4 Å². The predicted octanol–water partition coefficient (Wildman–Crippen LogP) is 4.07. The van der Waals surface area contributed by atoms with Crippen LogP contribution >= 0.6 is 0 Å². The maximum atomic E-state index is 12.5. The molecule has 0 bridgehead atoms. The third-order valence-electron chi connectivity index (χ3n) is 4.40. The summed E-state index contributed by atoms with van der Waals surface area (Å²) >= 11 is 0. The first-order valence-corrected chi connectivity index (χ1v) is 9.86. The van der Waals surface area contributed by atoms with Crippen molar-refractivity contribution >= 4 is 29.1 Å². The zero-order valence-electron chi connectivity index (χ0n) is 18.4. The molecule has 0 aliphatic carbocycles. The van der Waals surface area contributed by atoms with Gasteiger partial charge < -0.3 is 14.8 Å². The van der Waals surface area contributed by atoms with Crippen LogP contribution in [-0.2, 0) is 14.3 Å². The lowest BCUT2D eigenvalue weighted by molar-refractivity contribution is -0.148. The van der Waals surface area contributed by atoms with E-state index < -0.39 is 17.5 Å². The Kier molecular flexibility index (Phi) is 7.69. The van der Waals surface area contributed by atoms with Gasteiger partial charge in [0.05, 0.1) is 0 Å². The molecule has 0 saturated carbocycles.